The normalized spacial score (nSPS) is 16.4. The molecule has 0 unspecified atom stereocenters. The van der Waals surface area contributed by atoms with Gasteiger partial charge in [-0.3, -0.25) is 0 Å². The van der Waals surface area contributed by atoms with Crippen LogP contribution in [-0.4, -0.2) is 16.9 Å². The molecular weight excluding hydrogens is 228 g/mol. The average Bonchev–Trinajstić information content (AvgIpc) is 3.02. The highest BCUT2D eigenvalue weighted by Gasteiger charge is 2.15. The molecule has 0 amide bonds. The molecule has 1 aliphatic carbocycles. The van der Waals surface area contributed by atoms with Crippen LogP contribution >= 0.6 is 0 Å². The Morgan fingerprint density at radius 2 is 2.00 bits per heavy atom. The largest absolute Gasteiger partial charge is 0.397 e. The van der Waals surface area contributed by atoms with Gasteiger partial charge in [0.15, 0.2) is 11.0 Å². The monoisotopic (exact) mass is 246 g/mol. The molecule has 1 heterocycles. The van der Waals surface area contributed by atoms with Crippen molar-refractivity contribution >= 4 is 22.4 Å². The summed E-state index contributed by atoms with van der Waals surface area (Å²) >= 11 is 0. The van der Waals surface area contributed by atoms with Gasteiger partial charge in [0.1, 0.15) is 0 Å². The first-order valence-corrected chi connectivity index (χ1v) is 6.59. The standard InChI is InChI=1S/C13H18N4O/c14-10-5-6-11(13-12(10)16-18-17-13)15-8-7-9-3-1-2-4-9/h5-6,9,15H,1-4,7-8,14H2. The third-order valence-corrected chi connectivity index (χ3v) is 3.79. The van der Waals surface area contributed by atoms with Gasteiger partial charge in [0.2, 0.25) is 0 Å². The minimum absolute atomic E-state index is 0.604. The molecule has 2 aromatic rings. The Hall–Kier alpha value is -1.78. The van der Waals surface area contributed by atoms with E-state index in [4.69, 9.17) is 10.4 Å². The molecule has 1 aromatic heterocycles. The second-order valence-corrected chi connectivity index (χ2v) is 5.03. The molecule has 96 valence electrons. The molecule has 3 N–H and O–H groups in total. The maximum atomic E-state index is 5.81. The highest BCUT2D eigenvalue weighted by molar-refractivity contribution is 5.94. The van der Waals surface area contributed by atoms with E-state index in [2.05, 4.69) is 15.6 Å². The van der Waals surface area contributed by atoms with E-state index in [0.29, 0.717) is 11.2 Å². The molecule has 5 nitrogen and oxygen atoms in total. The Labute approximate surface area is 106 Å². The molecular formula is C13H18N4O. The number of nitrogen functional groups attached to an aromatic ring is 1. The molecule has 1 saturated carbocycles. The number of fused-ring (bicyclic) bond motifs is 1. The second-order valence-electron chi connectivity index (χ2n) is 5.03. The molecule has 1 aliphatic rings. The second kappa shape index (κ2) is 4.84. The fourth-order valence-electron chi connectivity index (χ4n) is 2.74. The van der Waals surface area contributed by atoms with Crippen LogP contribution in [0.3, 0.4) is 0 Å². The van der Waals surface area contributed by atoms with Crippen LogP contribution in [0.1, 0.15) is 32.1 Å². The zero-order valence-corrected chi connectivity index (χ0v) is 10.4. The highest BCUT2D eigenvalue weighted by atomic mass is 16.6. The minimum atomic E-state index is 0.604. The summed E-state index contributed by atoms with van der Waals surface area (Å²) in [5.41, 5.74) is 8.73. The molecule has 1 fully saturated rings. The van der Waals surface area contributed by atoms with Crippen molar-refractivity contribution in [3.8, 4) is 0 Å². The van der Waals surface area contributed by atoms with Gasteiger partial charge in [-0.25, -0.2) is 4.63 Å². The van der Waals surface area contributed by atoms with Crippen LogP contribution in [-0.2, 0) is 0 Å². The Morgan fingerprint density at radius 1 is 1.22 bits per heavy atom. The molecule has 1 aromatic carbocycles. The van der Waals surface area contributed by atoms with Crippen molar-refractivity contribution in [1.29, 1.82) is 0 Å². The van der Waals surface area contributed by atoms with Gasteiger partial charge in [0, 0.05) is 6.54 Å². The zero-order valence-electron chi connectivity index (χ0n) is 10.4. The summed E-state index contributed by atoms with van der Waals surface area (Å²) in [5.74, 6) is 0.886. The van der Waals surface area contributed by atoms with E-state index in [1.165, 1.54) is 32.1 Å². The van der Waals surface area contributed by atoms with Gasteiger partial charge in [-0.2, -0.15) is 0 Å². The number of anilines is 2. The van der Waals surface area contributed by atoms with Crippen molar-refractivity contribution in [2.24, 2.45) is 5.92 Å². The van der Waals surface area contributed by atoms with Gasteiger partial charge in [-0.05, 0) is 34.8 Å². The number of nitrogens with one attached hydrogen (secondary N) is 1. The lowest BCUT2D eigenvalue weighted by Gasteiger charge is -2.10. The molecule has 0 saturated heterocycles. The Kier molecular flexibility index (Phi) is 3.04. The Morgan fingerprint density at radius 3 is 2.83 bits per heavy atom. The van der Waals surface area contributed by atoms with Crippen LogP contribution in [0.2, 0.25) is 0 Å². The summed E-state index contributed by atoms with van der Waals surface area (Å²) in [6.07, 6.45) is 6.76. The average molecular weight is 246 g/mol. The zero-order chi connectivity index (χ0) is 12.4. The molecule has 0 aliphatic heterocycles. The van der Waals surface area contributed by atoms with Crippen molar-refractivity contribution in [3.63, 3.8) is 0 Å². The minimum Gasteiger partial charge on any atom is -0.397 e. The van der Waals surface area contributed by atoms with E-state index in [9.17, 15) is 0 Å². The number of rotatable bonds is 4. The van der Waals surface area contributed by atoms with Crippen LogP contribution in [0.15, 0.2) is 16.8 Å². The smallest absolute Gasteiger partial charge is 0.160 e. The molecule has 0 atom stereocenters. The third-order valence-electron chi connectivity index (χ3n) is 3.79. The van der Waals surface area contributed by atoms with Gasteiger partial charge in [0.25, 0.3) is 0 Å². The van der Waals surface area contributed by atoms with E-state index in [-0.39, 0.29) is 0 Å². The van der Waals surface area contributed by atoms with Crippen molar-refractivity contribution in [2.75, 3.05) is 17.6 Å². The molecule has 18 heavy (non-hydrogen) atoms. The number of hydrogen-bond donors (Lipinski definition) is 2. The van der Waals surface area contributed by atoms with Gasteiger partial charge >= 0.3 is 0 Å². The quantitative estimate of drug-likeness (QED) is 0.811. The van der Waals surface area contributed by atoms with Crippen LogP contribution in [0.25, 0.3) is 11.0 Å². The van der Waals surface area contributed by atoms with Gasteiger partial charge in [0.05, 0.1) is 11.4 Å². The van der Waals surface area contributed by atoms with Crippen molar-refractivity contribution in [2.45, 2.75) is 32.1 Å². The lowest BCUT2D eigenvalue weighted by Crippen LogP contribution is -2.07. The maximum Gasteiger partial charge on any atom is 0.160 e. The van der Waals surface area contributed by atoms with Gasteiger partial charge in [-0.15, -0.1) is 0 Å². The van der Waals surface area contributed by atoms with Crippen LogP contribution < -0.4 is 11.1 Å². The molecule has 0 spiro atoms. The summed E-state index contributed by atoms with van der Waals surface area (Å²) in [6, 6.07) is 3.78. The summed E-state index contributed by atoms with van der Waals surface area (Å²) in [4.78, 5) is 0. The predicted molar refractivity (Wildman–Crippen MR) is 71.3 cm³/mol. The van der Waals surface area contributed by atoms with Crippen LogP contribution in [0, 0.1) is 5.92 Å². The van der Waals surface area contributed by atoms with Crippen molar-refractivity contribution < 1.29 is 4.63 Å². The molecule has 3 rings (SSSR count). The van der Waals surface area contributed by atoms with E-state index in [0.717, 1.165) is 23.7 Å². The van der Waals surface area contributed by atoms with Crippen LogP contribution in [0.4, 0.5) is 11.4 Å². The summed E-state index contributed by atoms with van der Waals surface area (Å²) in [6.45, 7) is 0.969. The molecule has 0 radical (unpaired) electrons. The number of benzene rings is 1. The van der Waals surface area contributed by atoms with Crippen molar-refractivity contribution in [3.05, 3.63) is 12.1 Å². The predicted octanol–water partition coefficient (Wildman–Crippen LogP) is 2.80. The van der Waals surface area contributed by atoms with Crippen LogP contribution in [0.5, 0.6) is 0 Å². The lowest BCUT2D eigenvalue weighted by molar-refractivity contribution is 0.315. The lowest BCUT2D eigenvalue weighted by atomic mass is 10.0. The summed E-state index contributed by atoms with van der Waals surface area (Å²) in [7, 11) is 0. The topological polar surface area (TPSA) is 77.0 Å². The number of nitrogens with two attached hydrogens (primary N) is 1. The first kappa shape index (κ1) is 11.3. The molecule has 0 bridgehead atoms. The maximum absolute atomic E-state index is 5.81. The SMILES string of the molecule is Nc1ccc(NCCC2CCCC2)c2nonc12. The van der Waals surface area contributed by atoms with E-state index >= 15 is 0 Å². The van der Waals surface area contributed by atoms with E-state index < -0.39 is 0 Å². The fraction of sp³-hybridized carbons (Fsp3) is 0.538. The number of aromatic nitrogens is 2. The van der Waals surface area contributed by atoms with E-state index in [1.807, 2.05) is 12.1 Å². The van der Waals surface area contributed by atoms with E-state index in [1.54, 1.807) is 0 Å². The van der Waals surface area contributed by atoms with Gasteiger partial charge in [-0.1, -0.05) is 25.7 Å². The fourth-order valence-corrected chi connectivity index (χ4v) is 2.74. The first-order valence-electron chi connectivity index (χ1n) is 6.59. The summed E-state index contributed by atoms with van der Waals surface area (Å²) < 4.78 is 4.75. The Bertz CT molecular complexity index is 531. The number of hydrogen-bond acceptors (Lipinski definition) is 5. The summed E-state index contributed by atoms with van der Waals surface area (Å²) in [5, 5.41) is 11.1. The first-order chi connectivity index (χ1) is 8.84. The Balaban J connectivity index is 1.67. The third kappa shape index (κ3) is 2.12. The van der Waals surface area contributed by atoms with Gasteiger partial charge < -0.3 is 11.1 Å². The van der Waals surface area contributed by atoms with Crippen molar-refractivity contribution in [1.82, 2.24) is 10.3 Å². The number of nitrogens with zero attached hydrogens (tertiary/aromatic N) is 2. The molecule has 5 heteroatoms. The highest BCUT2D eigenvalue weighted by Crippen LogP contribution is 2.28.